The zero-order chi connectivity index (χ0) is 66.3. The highest BCUT2D eigenvalue weighted by atomic mass is 32.3. The molecule has 4 saturated heterocycles. The number of allylic oxidation sites excluding steroid dienone is 3. The van der Waals surface area contributed by atoms with Crippen molar-refractivity contribution in [2.75, 3.05) is 33.0 Å². The molecule has 4 rings (SSSR count). The Hall–Kier alpha value is -4.39. The largest absolute Gasteiger partial charge is 0.397 e. The molecule has 0 aromatic rings. The van der Waals surface area contributed by atoms with Gasteiger partial charge in [0.1, 0.15) is 128 Å². The molecular formula is C54H91N5O29S. The lowest BCUT2D eigenvalue weighted by molar-refractivity contribution is -0.364. The molecule has 4 aliphatic heterocycles. The number of amides is 5. The van der Waals surface area contributed by atoms with E-state index in [0.717, 1.165) is 66.2 Å². The number of hydrogen-bond donors (Lipinski definition) is 17. The van der Waals surface area contributed by atoms with Crippen LogP contribution in [-0.4, -0.2) is 285 Å². The second-order valence-corrected chi connectivity index (χ2v) is 23.1. The van der Waals surface area contributed by atoms with Crippen molar-refractivity contribution < 1.29 is 140 Å². The van der Waals surface area contributed by atoms with Crippen LogP contribution in [0.15, 0.2) is 24.3 Å². The molecule has 0 aromatic carbocycles. The van der Waals surface area contributed by atoms with Crippen molar-refractivity contribution in [2.24, 2.45) is 0 Å². The smallest absolute Gasteiger partial charge is 0.394 e. The monoisotopic (exact) mass is 1310 g/mol. The lowest BCUT2D eigenvalue weighted by Gasteiger charge is -2.51. The number of aldehydes is 1. The summed E-state index contributed by atoms with van der Waals surface area (Å²) in [6.45, 7) is 0.628. The Labute approximate surface area is 514 Å². The molecule has 0 aromatic heterocycles. The van der Waals surface area contributed by atoms with Crippen LogP contribution in [0, 0.1) is 0 Å². The van der Waals surface area contributed by atoms with Crippen LogP contribution >= 0.6 is 0 Å². The summed E-state index contributed by atoms with van der Waals surface area (Å²) in [5, 5.41) is 134. The highest BCUT2D eigenvalue weighted by Crippen LogP contribution is 2.35. The molecular weight excluding hydrogens is 1210 g/mol. The molecule has 0 bridgehead atoms. The van der Waals surface area contributed by atoms with Gasteiger partial charge in [0.2, 0.25) is 29.5 Å². The molecule has 35 heteroatoms. The number of hydrogen-bond acceptors (Lipinski definition) is 28. The Bertz CT molecular complexity index is 2380. The number of unbranched alkanes of at least 4 members (excludes halogenated alkanes) is 8. The van der Waals surface area contributed by atoms with Crippen LogP contribution < -0.4 is 26.6 Å². The molecule has 0 radical (unpaired) electrons. The Kier molecular flexibility index (Phi) is 32.9. The predicted molar refractivity (Wildman–Crippen MR) is 301 cm³/mol. The highest BCUT2D eigenvalue weighted by molar-refractivity contribution is 7.80. The third-order valence-electron chi connectivity index (χ3n) is 14.9. The quantitative estimate of drug-likeness (QED) is 0.00912. The number of aliphatic hydroxyl groups excluding tert-OH is 11. The molecule has 0 unspecified atom stereocenters. The molecule has 4 aliphatic rings. The van der Waals surface area contributed by atoms with Crippen LogP contribution in [0.1, 0.15) is 98.8 Å². The van der Waals surface area contributed by atoms with Gasteiger partial charge in [-0.2, -0.15) is 8.42 Å². The molecule has 17 N–H and O–H groups in total. The second kappa shape index (κ2) is 38.0. The van der Waals surface area contributed by atoms with Gasteiger partial charge in [-0.3, -0.25) is 28.5 Å². The molecule has 5 amide bonds. The molecule has 512 valence electrons. The van der Waals surface area contributed by atoms with Crippen molar-refractivity contribution in [1.82, 2.24) is 26.6 Å². The summed E-state index contributed by atoms with van der Waals surface area (Å²) in [6, 6.07) is -8.98. The number of carbonyl (C=O) groups is 6. The Balaban J connectivity index is 1.57. The van der Waals surface area contributed by atoms with Crippen LogP contribution in [0.25, 0.3) is 0 Å². The van der Waals surface area contributed by atoms with Gasteiger partial charge in [0.15, 0.2) is 25.2 Å². The molecule has 4 fully saturated rings. The first-order chi connectivity index (χ1) is 42.1. The highest BCUT2D eigenvalue weighted by Gasteiger charge is 2.57. The Morgan fingerprint density at radius 2 is 0.921 bits per heavy atom. The molecule has 0 aliphatic carbocycles. The molecule has 24 atom stereocenters. The summed E-state index contributed by atoms with van der Waals surface area (Å²) in [5.41, 5.74) is 0. The Morgan fingerprint density at radius 3 is 1.31 bits per heavy atom. The number of aliphatic hydroxyl groups is 11. The molecule has 4 heterocycles. The van der Waals surface area contributed by atoms with Crippen LogP contribution in [0.3, 0.4) is 0 Å². The third kappa shape index (κ3) is 23.3. The van der Waals surface area contributed by atoms with Gasteiger partial charge < -0.3 is 125 Å². The van der Waals surface area contributed by atoms with E-state index >= 15 is 0 Å². The summed E-state index contributed by atoms with van der Waals surface area (Å²) >= 11 is 0. The fraction of sp³-hybridized carbons (Fsp3) is 0.815. The van der Waals surface area contributed by atoms with Gasteiger partial charge in [-0.05, 0) is 44.6 Å². The number of carbonyl (C=O) groups excluding carboxylic acids is 6. The Morgan fingerprint density at radius 1 is 0.528 bits per heavy atom. The first-order valence-corrected chi connectivity index (χ1v) is 30.7. The van der Waals surface area contributed by atoms with Crippen LogP contribution in [0.2, 0.25) is 0 Å². The van der Waals surface area contributed by atoms with E-state index in [2.05, 4.69) is 49.8 Å². The van der Waals surface area contributed by atoms with Gasteiger partial charge in [-0.1, -0.05) is 50.8 Å². The standard InChI is InChI=1S/C54H91N5O29S/c1-6-7-8-9-10-11-12-13-14-15-16-17-18-19-36(70)59-37-43(73)42(72)32(21-61)81-51(37)86-48-34(23-63)83-53(39(45(48)75)57-28(4)67)88-50-35(24-64)84-54(40(46(50)76)58-29(5)68)87-49-33(22-62)82-52(38(44(49)74)56-27(3)66)85-47(31(69)25-80-89(77,78)79)41(71)30(20-60)55-26(2)65/h11-12,18-20,30-35,37-54,61-64,69,71-76H,6-10,13-17,21-25H2,1-5H3,(H,55,65)(H,56,66)(H,57,67)(H,58,68)(H,59,70)(H,77,78,79)/b12-11-,19-18+/t30-,31+,32+,33+,34+,35+,37+,38+,39+,40+,41+,42+,43+,44+,45+,46+,47+,48+,49+,50+,51-,52-,53-,54-/m0/s1. The van der Waals surface area contributed by atoms with Gasteiger partial charge >= 0.3 is 10.4 Å². The fourth-order valence-electron chi connectivity index (χ4n) is 10.5. The maximum absolute atomic E-state index is 13.3. The van der Waals surface area contributed by atoms with Gasteiger partial charge in [0.05, 0.1) is 33.0 Å². The van der Waals surface area contributed by atoms with Gasteiger partial charge in [0, 0.05) is 27.7 Å². The number of rotatable bonds is 36. The van der Waals surface area contributed by atoms with Crippen LogP contribution in [0.4, 0.5) is 0 Å². The van der Waals surface area contributed by atoms with E-state index in [4.69, 9.17) is 42.4 Å². The van der Waals surface area contributed by atoms with E-state index in [1.165, 1.54) is 25.3 Å². The van der Waals surface area contributed by atoms with Crippen LogP contribution in [-0.2, 0) is 81.2 Å². The topological polar surface area (TPSA) is 523 Å². The SMILES string of the molecule is CCCCCC/C=C\CCCCC/C=C/C(=O)N[C@H]1[C@H](O[C@H]2[C@H](O)[C@@H](NC(C)=O)[C@H](O[C@H]3[C@H](O)[C@@H](NC(C)=O)[C@H](O[C@H]4[C@H](O)[C@@H](NC(C)=O)[C@H](O[C@@H]([C@H](O)[C@H](C=O)NC(C)=O)[C@H](O)COS(=O)(=O)O)O[C@@H]4CO)O[C@@H]3CO)O[C@@H]2CO)O[C@H](CO)[C@@H](O)[C@@H]1O. The van der Waals surface area contributed by atoms with Crippen LogP contribution in [0.5, 0.6) is 0 Å². The van der Waals surface area contributed by atoms with E-state index in [0.29, 0.717) is 6.42 Å². The normalized spacial score (nSPS) is 34.0. The first kappa shape index (κ1) is 77.1. The maximum atomic E-state index is 13.3. The van der Waals surface area contributed by atoms with Crippen molar-refractivity contribution in [3.05, 3.63) is 24.3 Å². The lowest BCUT2D eigenvalue weighted by Crippen LogP contribution is -2.72. The molecule has 89 heavy (non-hydrogen) atoms. The number of nitrogens with one attached hydrogen (secondary N) is 5. The zero-order valence-corrected chi connectivity index (χ0v) is 50.9. The summed E-state index contributed by atoms with van der Waals surface area (Å²) in [4.78, 5) is 75.4. The van der Waals surface area contributed by atoms with E-state index in [-0.39, 0.29) is 6.29 Å². The summed E-state index contributed by atoms with van der Waals surface area (Å²) in [7, 11) is -5.27. The average Bonchev–Trinajstić information content (AvgIpc) is 1.83. The molecule has 0 saturated carbocycles. The zero-order valence-electron chi connectivity index (χ0n) is 50.1. The van der Waals surface area contributed by atoms with E-state index < -0.39 is 220 Å². The van der Waals surface area contributed by atoms with Crippen molar-refractivity contribution >= 4 is 46.2 Å². The minimum Gasteiger partial charge on any atom is -0.394 e. The van der Waals surface area contributed by atoms with Crippen molar-refractivity contribution in [3.63, 3.8) is 0 Å². The third-order valence-corrected chi connectivity index (χ3v) is 15.3. The fourth-order valence-corrected chi connectivity index (χ4v) is 10.8. The van der Waals surface area contributed by atoms with E-state index in [1.807, 2.05) is 0 Å². The summed E-state index contributed by atoms with van der Waals surface area (Å²) in [6.07, 6.45) is -20.0. The minimum atomic E-state index is -5.27. The predicted octanol–water partition coefficient (Wildman–Crippen LogP) is -6.52. The average molecular weight is 1310 g/mol. The van der Waals surface area contributed by atoms with E-state index in [1.54, 1.807) is 6.08 Å². The van der Waals surface area contributed by atoms with Gasteiger partial charge in [0.25, 0.3) is 0 Å². The summed E-state index contributed by atoms with van der Waals surface area (Å²) < 4.78 is 84.0. The first-order valence-electron chi connectivity index (χ1n) is 29.4. The maximum Gasteiger partial charge on any atom is 0.397 e. The second-order valence-electron chi connectivity index (χ2n) is 22.0. The molecule has 0 spiro atoms. The van der Waals surface area contributed by atoms with Gasteiger partial charge in [-0.15, -0.1) is 0 Å². The van der Waals surface area contributed by atoms with Crippen molar-refractivity contribution in [2.45, 2.75) is 246 Å². The minimum absolute atomic E-state index is 0.00478. The van der Waals surface area contributed by atoms with Crippen molar-refractivity contribution in [3.8, 4) is 0 Å². The van der Waals surface area contributed by atoms with Crippen molar-refractivity contribution in [1.29, 1.82) is 0 Å². The lowest BCUT2D eigenvalue weighted by atomic mass is 9.93. The summed E-state index contributed by atoms with van der Waals surface area (Å²) in [5.74, 6) is -4.26. The van der Waals surface area contributed by atoms with Gasteiger partial charge in [-0.25, -0.2) is 4.18 Å². The molecule has 34 nitrogen and oxygen atoms in total. The van der Waals surface area contributed by atoms with E-state index in [9.17, 15) is 93.4 Å². The number of ether oxygens (including phenoxy) is 8.